The van der Waals surface area contributed by atoms with E-state index in [1.165, 1.54) is 6.07 Å². The Morgan fingerprint density at radius 2 is 1.78 bits per heavy atom. The number of nitrogens with zero attached hydrogens (tertiary/aromatic N) is 1. The van der Waals surface area contributed by atoms with E-state index in [4.69, 9.17) is 50.4 Å². The quantitative estimate of drug-likeness (QED) is 0.264. The van der Waals surface area contributed by atoms with Crippen LogP contribution >= 0.6 is 34.8 Å². The number of aromatic nitrogens is 1. The summed E-state index contributed by atoms with van der Waals surface area (Å²) in [6.07, 6.45) is 4.64. The minimum absolute atomic E-state index is 0.0377. The van der Waals surface area contributed by atoms with E-state index in [9.17, 15) is 4.79 Å². The molecule has 2 aliphatic rings. The molecule has 1 heterocycles. The first-order valence-electron chi connectivity index (χ1n) is 12.0. The van der Waals surface area contributed by atoms with Crippen molar-refractivity contribution >= 4 is 46.3 Å². The van der Waals surface area contributed by atoms with Crippen molar-refractivity contribution in [2.45, 2.75) is 31.1 Å². The Labute approximate surface area is 230 Å². The maximum atomic E-state index is 11.1. The van der Waals surface area contributed by atoms with E-state index < -0.39 is 5.97 Å². The standard InChI is InChI=1S/C29H25Cl3N2O3/c1-15(27-23(30)3-2-4-24(27)31)22(28(33)16-5-6-16)14-37-18-8-9-19(25(32)11-18)21-12-20(21)17-7-10-26(29(35)36)34-13-17/h2-4,7-11,13,16,20-21H,1,5-6,12,14,33H2,(H,35,36)/b28-22-. The molecule has 0 radical (unpaired) electrons. The third-order valence-corrected chi connectivity index (χ3v) is 7.93. The molecule has 2 aliphatic carbocycles. The highest BCUT2D eigenvalue weighted by molar-refractivity contribution is 6.37. The van der Waals surface area contributed by atoms with Crippen LogP contribution in [0.2, 0.25) is 15.1 Å². The van der Waals surface area contributed by atoms with E-state index in [-0.39, 0.29) is 24.1 Å². The summed E-state index contributed by atoms with van der Waals surface area (Å²) in [6, 6.07) is 14.4. The fourth-order valence-corrected chi connectivity index (χ4v) is 5.57. The van der Waals surface area contributed by atoms with Gasteiger partial charge in [-0.25, -0.2) is 9.78 Å². The molecule has 190 valence electrons. The van der Waals surface area contributed by atoms with E-state index in [0.29, 0.717) is 37.9 Å². The van der Waals surface area contributed by atoms with Crippen LogP contribution in [0.3, 0.4) is 0 Å². The van der Waals surface area contributed by atoms with E-state index in [1.54, 1.807) is 24.4 Å². The van der Waals surface area contributed by atoms with Crippen LogP contribution in [0.25, 0.3) is 5.57 Å². The van der Waals surface area contributed by atoms with Crippen molar-refractivity contribution in [2.75, 3.05) is 6.61 Å². The Morgan fingerprint density at radius 1 is 1.05 bits per heavy atom. The highest BCUT2D eigenvalue weighted by atomic mass is 35.5. The van der Waals surface area contributed by atoms with Gasteiger partial charge in [-0.15, -0.1) is 0 Å². The molecule has 2 atom stereocenters. The number of hydrogen-bond acceptors (Lipinski definition) is 4. The molecule has 0 aliphatic heterocycles. The number of carboxylic acid groups (broad SMARTS) is 1. The molecule has 2 aromatic carbocycles. The van der Waals surface area contributed by atoms with Gasteiger partial charge in [0.2, 0.25) is 0 Å². The summed E-state index contributed by atoms with van der Waals surface area (Å²) in [5, 5.41) is 10.7. The van der Waals surface area contributed by atoms with Crippen LogP contribution in [0.4, 0.5) is 0 Å². The average molecular weight is 556 g/mol. The third-order valence-electron chi connectivity index (χ3n) is 6.97. The normalized spacial score (nSPS) is 19.2. The van der Waals surface area contributed by atoms with Crippen LogP contribution < -0.4 is 10.5 Å². The van der Waals surface area contributed by atoms with E-state index >= 15 is 0 Å². The maximum absolute atomic E-state index is 11.1. The van der Waals surface area contributed by atoms with Crippen LogP contribution in [0.1, 0.15) is 58.3 Å². The van der Waals surface area contributed by atoms with Gasteiger partial charge in [0.15, 0.2) is 0 Å². The first-order valence-corrected chi connectivity index (χ1v) is 13.1. The van der Waals surface area contributed by atoms with Crippen LogP contribution in [0.15, 0.2) is 72.6 Å². The van der Waals surface area contributed by atoms with E-state index in [0.717, 1.165) is 41.7 Å². The highest BCUT2D eigenvalue weighted by Gasteiger charge is 2.41. The van der Waals surface area contributed by atoms with Crippen molar-refractivity contribution < 1.29 is 14.6 Å². The lowest BCUT2D eigenvalue weighted by Crippen LogP contribution is -2.13. The highest BCUT2D eigenvalue weighted by Crippen LogP contribution is 2.56. The Hall–Kier alpha value is -2.99. The Kier molecular flexibility index (Phi) is 7.21. The number of ether oxygens (including phenoxy) is 1. The fraction of sp³-hybridized carbons (Fsp3) is 0.241. The van der Waals surface area contributed by atoms with Gasteiger partial charge in [-0.3, -0.25) is 0 Å². The van der Waals surface area contributed by atoms with Gasteiger partial charge in [0.25, 0.3) is 0 Å². The van der Waals surface area contributed by atoms with Gasteiger partial charge in [0, 0.05) is 38.1 Å². The summed E-state index contributed by atoms with van der Waals surface area (Å²) in [4.78, 5) is 15.1. The lowest BCUT2D eigenvalue weighted by atomic mass is 9.96. The smallest absolute Gasteiger partial charge is 0.354 e. The van der Waals surface area contributed by atoms with Crippen molar-refractivity contribution in [3.63, 3.8) is 0 Å². The number of carbonyl (C=O) groups is 1. The molecule has 3 aromatic rings. The molecule has 0 amide bonds. The van der Waals surface area contributed by atoms with Gasteiger partial charge in [-0.2, -0.15) is 0 Å². The second-order valence-electron chi connectivity index (χ2n) is 9.49. The first-order chi connectivity index (χ1) is 17.7. The molecule has 2 fully saturated rings. The number of benzene rings is 2. The largest absolute Gasteiger partial charge is 0.489 e. The number of pyridine rings is 1. The van der Waals surface area contributed by atoms with Crippen molar-refractivity contribution in [2.24, 2.45) is 11.7 Å². The molecular formula is C29H25Cl3N2O3. The fourth-order valence-electron chi connectivity index (χ4n) is 4.63. The Morgan fingerprint density at radius 3 is 2.38 bits per heavy atom. The molecule has 0 bridgehead atoms. The first kappa shape index (κ1) is 25.7. The lowest BCUT2D eigenvalue weighted by molar-refractivity contribution is 0.0690. The molecule has 5 rings (SSSR count). The van der Waals surface area contributed by atoms with Crippen LogP contribution in [0.5, 0.6) is 5.75 Å². The zero-order valence-electron chi connectivity index (χ0n) is 19.9. The predicted octanol–water partition coefficient (Wildman–Crippen LogP) is 7.73. The van der Waals surface area contributed by atoms with Gasteiger partial charge in [-0.1, -0.05) is 59.6 Å². The summed E-state index contributed by atoms with van der Waals surface area (Å²) in [5.41, 5.74) is 11.5. The van der Waals surface area contributed by atoms with Crippen molar-refractivity contribution in [1.82, 2.24) is 4.98 Å². The summed E-state index contributed by atoms with van der Waals surface area (Å²) in [6.45, 7) is 4.47. The van der Waals surface area contributed by atoms with Crippen LogP contribution in [0, 0.1) is 5.92 Å². The molecule has 2 saturated carbocycles. The van der Waals surface area contributed by atoms with Gasteiger partial charge < -0.3 is 15.6 Å². The molecule has 0 spiro atoms. The third kappa shape index (κ3) is 5.49. The topological polar surface area (TPSA) is 85.4 Å². The number of allylic oxidation sites excluding steroid dienone is 1. The zero-order chi connectivity index (χ0) is 26.3. The second kappa shape index (κ2) is 10.4. The zero-order valence-corrected chi connectivity index (χ0v) is 22.2. The van der Waals surface area contributed by atoms with Gasteiger partial charge in [0.05, 0.1) is 0 Å². The number of halogens is 3. The number of hydrogen-bond donors (Lipinski definition) is 2. The molecule has 3 N–H and O–H groups in total. The van der Waals surface area contributed by atoms with Crippen molar-refractivity contribution in [3.8, 4) is 5.75 Å². The van der Waals surface area contributed by atoms with Crippen LogP contribution in [-0.2, 0) is 0 Å². The molecule has 5 nitrogen and oxygen atoms in total. The molecule has 1 aromatic heterocycles. The predicted molar refractivity (Wildman–Crippen MR) is 148 cm³/mol. The van der Waals surface area contributed by atoms with Crippen molar-refractivity contribution in [3.05, 3.63) is 110 Å². The molecule has 37 heavy (non-hydrogen) atoms. The second-order valence-corrected chi connectivity index (χ2v) is 10.7. The number of carboxylic acids is 1. The van der Waals surface area contributed by atoms with Crippen molar-refractivity contribution in [1.29, 1.82) is 0 Å². The Bertz CT molecular complexity index is 1390. The monoisotopic (exact) mass is 554 g/mol. The number of nitrogens with two attached hydrogens (primary N) is 1. The van der Waals surface area contributed by atoms with E-state index in [2.05, 4.69) is 11.6 Å². The molecule has 2 unspecified atom stereocenters. The van der Waals surface area contributed by atoms with Crippen LogP contribution in [-0.4, -0.2) is 22.7 Å². The molecule has 0 saturated heterocycles. The summed E-state index contributed by atoms with van der Waals surface area (Å²) < 4.78 is 6.14. The summed E-state index contributed by atoms with van der Waals surface area (Å²) >= 11 is 19.5. The van der Waals surface area contributed by atoms with Gasteiger partial charge in [0.1, 0.15) is 18.1 Å². The SMILES string of the molecule is C=C(/C(COc1ccc(C2CC2c2ccc(C(=O)O)nc2)c(Cl)c1)=C(\N)C1CC1)c1c(Cl)cccc1Cl. The Balaban J connectivity index is 1.30. The molecular weight excluding hydrogens is 531 g/mol. The van der Waals surface area contributed by atoms with E-state index in [1.807, 2.05) is 24.3 Å². The van der Waals surface area contributed by atoms with Gasteiger partial charge in [-0.05, 0) is 84.0 Å². The average Bonchev–Trinajstić information content (AvgIpc) is 3.79. The van der Waals surface area contributed by atoms with Gasteiger partial charge >= 0.3 is 5.97 Å². The summed E-state index contributed by atoms with van der Waals surface area (Å²) in [7, 11) is 0. The minimum Gasteiger partial charge on any atom is -0.489 e. The number of rotatable bonds is 9. The lowest BCUT2D eigenvalue weighted by Gasteiger charge is -2.18. The number of aromatic carboxylic acids is 1. The minimum atomic E-state index is -1.03. The molecule has 8 heteroatoms. The summed E-state index contributed by atoms with van der Waals surface area (Å²) in [5.74, 6) is 0.414. The maximum Gasteiger partial charge on any atom is 0.354 e.